The predicted octanol–water partition coefficient (Wildman–Crippen LogP) is 5.50. The van der Waals surface area contributed by atoms with Gasteiger partial charge >= 0.3 is 0 Å². The van der Waals surface area contributed by atoms with E-state index in [2.05, 4.69) is 62.1 Å². The number of hydrogen-bond donors (Lipinski definition) is 2. The molecule has 0 atom stereocenters. The summed E-state index contributed by atoms with van der Waals surface area (Å²) in [6, 6.07) is 22.6. The second-order valence-corrected chi connectivity index (χ2v) is 8.90. The van der Waals surface area contributed by atoms with Crippen molar-refractivity contribution >= 4 is 5.69 Å². The van der Waals surface area contributed by atoms with Crippen molar-refractivity contribution in [3.63, 3.8) is 0 Å². The van der Waals surface area contributed by atoms with Gasteiger partial charge in [0.1, 0.15) is 0 Å². The Morgan fingerprint density at radius 3 is 2.00 bits per heavy atom. The van der Waals surface area contributed by atoms with Crippen LogP contribution in [-0.4, -0.2) is 38.8 Å². The lowest BCUT2D eigenvalue weighted by molar-refractivity contribution is 0.307. The zero-order chi connectivity index (χ0) is 26.1. The van der Waals surface area contributed by atoms with Crippen molar-refractivity contribution < 1.29 is 9.47 Å². The number of hydrazine groups is 1. The highest BCUT2D eigenvalue weighted by molar-refractivity contribution is 5.67. The lowest BCUT2D eigenvalue weighted by atomic mass is 10.0. The van der Waals surface area contributed by atoms with Crippen LogP contribution in [0.4, 0.5) is 5.69 Å². The molecule has 0 aliphatic heterocycles. The molecule has 0 aliphatic rings. The maximum atomic E-state index is 6.68. The zero-order valence-electron chi connectivity index (χ0n) is 22.3. The first-order chi connectivity index (χ1) is 17.4. The van der Waals surface area contributed by atoms with Crippen LogP contribution in [0, 0.1) is 6.92 Å². The SMILES string of the molecule is CCN(CC)CC/C(N)=C(\Cc1ccc(-c2ccc(OC)c(OC)c2)cc1)N(N)c1ccc(C)cc1. The minimum Gasteiger partial charge on any atom is -0.493 e. The van der Waals surface area contributed by atoms with Gasteiger partial charge in [0, 0.05) is 25.1 Å². The van der Waals surface area contributed by atoms with Crippen LogP contribution in [0.2, 0.25) is 0 Å². The highest BCUT2D eigenvalue weighted by atomic mass is 16.5. The number of ether oxygens (including phenoxy) is 2. The third-order valence-electron chi connectivity index (χ3n) is 6.61. The zero-order valence-corrected chi connectivity index (χ0v) is 22.3. The van der Waals surface area contributed by atoms with Gasteiger partial charge in [-0.2, -0.15) is 0 Å². The second kappa shape index (κ2) is 13.0. The first-order valence-electron chi connectivity index (χ1n) is 12.5. The highest BCUT2D eigenvalue weighted by Gasteiger charge is 2.15. The largest absolute Gasteiger partial charge is 0.493 e. The van der Waals surface area contributed by atoms with E-state index in [0.717, 1.165) is 59.8 Å². The van der Waals surface area contributed by atoms with Crippen molar-refractivity contribution in [1.29, 1.82) is 0 Å². The Morgan fingerprint density at radius 1 is 0.806 bits per heavy atom. The molecule has 0 aromatic heterocycles. The van der Waals surface area contributed by atoms with Crippen molar-refractivity contribution in [2.75, 3.05) is 38.9 Å². The van der Waals surface area contributed by atoms with Crippen LogP contribution < -0.4 is 26.1 Å². The molecule has 0 heterocycles. The van der Waals surface area contributed by atoms with Gasteiger partial charge in [0.05, 0.1) is 25.6 Å². The molecule has 3 rings (SSSR count). The quantitative estimate of drug-likeness (QED) is 0.259. The topological polar surface area (TPSA) is 77.0 Å². The van der Waals surface area contributed by atoms with E-state index >= 15 is 0 Å². The summed E-state index contributed by atoms with van der Waals surface area (Å²) >= 11 is 0. The normalized spacial score (nSPS) is 11.9. The van der Waals surface area contributed by atoms with Crippen molar-refractivity contribution in [2.45, 2.75) is 33.6 Å². The van der Waals surface area contributed by atoms with Gasteiger partial charge in [-0.1, -0.05) is 61.9 Å². The van der Waals surface area contributed by atoms with Crippen LogP contribution in [0.5, 0.6) is 11.5 Å². The average molecular weight is 489 g/mol. The fourth-order valence-corrected chi connectivity index (χ4v) is 4.20. The fourth-order valence-electron chi connectivity index (χ4n) is 4.20. The summed E-state index contributed by atoms with van der Waals surface area (Å²) in [5.74, 6) is 8.07. The maximum Gasteiger partial charge on any atom is 0.161 e. The lowest BCUT2D eigenvalue weighted by Crippen LogP contribution is -2.34. The molecule has 0 spiro atoms. The minimum absolute atomic E-state index is 0.640. The summed E-state index contributed by atoms with van der Waals surface area (Å²) in [6.45, 7) is 9.32. The van der Waals surface area contributed by atoms with Gasteiger partial charge in [0.15, 0.2) is 11.5 Å². The number of anilines is 1. The summed E-state index contributed by atoms with van der Waals surface area (Å²) in [5.41, 5.74) is 13.8. The second-order valence-electron chi connectivity index (χ2n) is 8.90. The smallest absolute Gasteiger partial charge is 0.161 e. The first-order valence-corrected chi connectivity index (χ1v) is 12.5. The molecule has 0 radical (unpaired) electrons. The molecular weight excluding hydrogens is 448 g/mol. The summed E-state index contributed by atoms with van der Waals surface area (Å²) in [5, 5.41) is 1.74. The molecule has 0 fully saturated rings. The van der Waals surface area contributed by atoms with Gasteiger partial charge in [-0.15, -0.1) is 0 Å². The Labute approximate surface area is 216 Å². The number of hydrogen-bond acceptors (Lipinski definition) is 6. The molecular formula is C30H40N4O2. The van der Waals surface area contributed by atoms with Crippen molar-refractivity contribution in [1.82, 2.24) is 4.90 Å². The Kier molecular flexibility index (Phi) is 9.79. The monoisotopic (exact) mass is 488 g/mol. The third-order valence-corrected chi connectivity index (χ3v) is 6.61. The number of allylic oxidation sites excluding steroid dienone is 1. The van der Waals surface area contributed by atoms with Gasteiger partial charge in [-0.05, 0) is 61.0 Å². The van der Waals surface area contributed by atoms with E-state index in [1.807, 2.05) is 30.3 Å². The van der Waals surface area contributed by atoms with E-state index in [9.17, 15) is 0 Å². The van der Waals surface area contributed by atoms with Gasteiger partial charge in [0.25, 0.3) is 0 Å². The third kappa shape index (κ3) is 6.80. The van der Waals surface area contributed by atoms with E-state index in [1.54, 1.807) is 19.2 Å². The van der Waals surface area contributed by atoms with E-state index in [4.69, 9.17) is 21.1 Å². The Bertz CT molecular complexity index is 1140. The molecule has 0 amide bonds. The van der Waals surface area contributed by atoms with Gasteiger partial charge in [-0.25, -0.2) is 5.84 Å². The van der Waals surface area contributed by atoms with Gasteiger partial charge < -0.3 is 20.1 Å². The van der Waals surface area contributed by atoms with E-state index in [-0.39, 0.29) is 0 Å². The molecule has 0 saturated heterocycles. The molecule has 36 heavy (non-hydrogen) atoms. The van der Waals surface area contributed by atoms with Crippen LogP contribution in [0.15, 0.2) is 78.1 Å². The first kappa shape index (κ1) is 27.1. The average Bonchev–Trinajstić information content (AvgIpc) is 2.92. The highest BCUT2D eigenvalue weighted by Crippen LogP contribution is 2.32. The molecule has 0 aliphatic carbocycles. The summed E-state index contributed by atoms with van der Waals surface area (Å²) in [6.07, 6.45) is 1.40. The lowest BCUT2D eigenvalue weighted by Gasteiger charge is -2.26. The summed E-state index contributed by atoms with van der Waals surface area (Å²) in [7, 11) is 3.29. The minimum atomic E-state index is 0.640. The van der Waals surface area contributed by atoms with E-state index in [0.29, 0.717) is 17.9 Å². The van der Waals surface area contributed by atoms with Crippen LogP contribution in [0.3, 0.4) is 0 Å². The van der Waals surface area contributed by atoms with Crippen LogP contribution in [0.25, 0.3) is 11.1 Å². The predicted molar refractivity (Wildman–Crippen MR) is 150 cm³/mol. The fraction of sp³-hybridized carbons (Fsp3) is 0.333. The molecule has 0 unspecified atom stereocenters. The Balaban J connectivity index is 1.87. The standard InChI is InChI=1S/C30H40N4O2/c1-6-33(7-2)19-18-27(31)28(34(32)26-15-8-22(3)9-16-26)20-23-10-12-24(13-11-23)25-14-17-29(35-4)30(21-25)36-5/h8-17,21H,6-7,18-20,31-32H2,1-5H3/b28-27-. The number of rotatable bonds is 12. The number of benzene rings is 3. The van der Waals surface area contributed by atoms with Crippen molar-refractivity contribution in [3.05, 3.63) is 89.3 Å². The summed E-state index contributed by atoms with van der Waals surface area (Å²) < 4.78 is 10.8. The molecule has 6 nitrogen and oxygen atoms in total. The van der Waals surface area contributed by atoms with Crippen molar-refractivity contribution in [2.24, 2.45) is 11.6 Å². The van der Waals surface area contributed by atoms with Gasteiger partial charge in [-0.3, -0.25) is 5.01 Å². The van der Waals surface area contributed by atoms with Crippen LogP contribution in [-0.2, 0) is 6.42 Å². The Morgan fingerprint density at radius 2 is 1.42 bits per heavy atom. The molecule has 0 saturated carbocycles. The molecule has 192 valence electrons. The van der Waals surface area contributed by atoms with Gasteiger partial charge in [0.2, 0.25) is 0 Å². The molecule has 6 heteroatoms. The Hall–Kier alpha value is -3.48. The number of aryl methyl sites for hydroxylation is 1. The number of nitrogens with zero attached hydrogens (tertiary/aromatic N) is 2. The van der Waals surface area contributed by atoms with E-state index < -0.39 is 0 Å². The number of methoxy groups -OCH3 is 2. The van der Waals surface area contributed by atoms with Crippen molar-refractivity contribution in [3.8, 4) is 22.6 Å². The number of nitrogens with two attached hydrogens (primary N) is 2. The maximum absolute atomic E-state index is 6.68. The summed E-state index contributed by atoms with van der Waals surface area (Å²) in [4.78, 5) is 2.37. The van der Waals surface area contributed by atoms with E-state index in [1.165, 1.54) is 5.56 Å². The van der Waals surface area contributed by atoms with Crippen LogP contribution in [0.1, 0.15) is 31.4 Å². The molecule has 4 N–H and O–H groups in total. The molecule has 3 aromatic rings. The molecule has 3 aromatic carbocycles. The van der Waals surface area contributed by atoms with Crippen LogP contribution >= 0.6 is 0 Å². The molecule has 0 bridgehead atoms.